The molecule has 31 heteroatoms. The molecule has 0 aliphatic rings. The number of nitrogens with zero attached hydrogens (tertiary/aromatic N) is 9. The third-order valence-electron chi connectivity index (χ3n) is 9.97. The Bertz CT molecular complexity index is 3230. The van der Waals surface area contributed by atoms with Crippen LogP contribution in [-0.2, 0) is 20.2 Å². The molecule has 0 radical (unpaired) electrons. The van der Waals surface area contributed by atoms with Crippen LogP contribution in [0.4, 0.5) is 56.0 Å². The van der Waals surface area contributed by atoms with Crippen molar-refractivity contribution in [1.82, 2.24) is 23.7 Å². The zero-order valence-corrected chi connectivity index (χ0v) is 45.3. The van der Waals surface area contributed by atoms with Crippen LogP contribution in [0.2, 0.25) is 0 Å². The van der Waals surface area contributed by atoms with E-state index in [1.165, 1.54) is 30.0 Å². The molecule has 0 bridgehead atoms. The van der Waals surface area contributed by atoms with Crippen LogP contribution in [-0.4, -0.2) is 116 Å². The van der Waals surface area contributed by atoms with Crippen molar-refractivity contribution in [2.75, 3.05) is 98.0 Å². The van der Waals surface area contributed by atoms with Gasteiger partial charge >= 0.3 is 10.1 Å². The second kappa shape index (κ2) is 23.3. The molecule has 378 valence electrons. The lowest BCUT2D eigenvalue weighted by Gasteiger charge is -2.25. The van der Waals surface area contributed by atoms with Gasteiger partial charge in [-0.25, -0.2) is 0 Å². The molecule has 7 rings (SSSR count). The number of fused-ring (bicyclic) bond motifs is 2. The fourth-order valence-electron chi connectivity index (χ4n) is 6.69. The van der Waals surface area contributed by atoms with E-state index in [9.17, 15) is 21.4 Å². The first-order valence-corrected chi connectivity index (χ1v) is 28.3. The van der Waals surface area contributed by atoms with Crippen molar-refractivity contribution in [1.29, 1.82) is 0 Å². The second-order valence-electron chi connectivity index (χ2n) is 14.1. The van der Waals surface area contributed by atoms with E-state index in [1.807, 2.05) is 39.8 Å². The lowest BCUT2D eigenvalue weighted by molar-refractivity contribution is 0.406. The van der Waals surface area contributed by atoms with Gasteiger partial charge in [-0.15, -0.1) is 34.2 Å². The molecule has 0 aliphatic carbocycles. The molecule has 5 heterocycles. The van der Waals surface area contributed by atoms with E-state index in [0.717, 1.165) is 63.9 Å². The van der Waals surface area contributed by atoms with Crippen LogP contribution in [0.5, 0.6) is 23.0 Å². The third kappa shape index (κ3) is 12.4. The molecule has 8 N–H and O–H groups in total. The molecule has 7 aromatic rings. The van der Waals surface area contributed by atoms with E-state index in [-0.39, 0.29) is 32.8 Å². The number of aromatic nitrogens is 5. The number of anilines is 8. The van der Waals surface area contributed by atoms with Crippen molar-refractivity contribution in [3.05, 3.63) is 24.3 Å². The number of methoxy groups -OCH3 is 4. The number of nitrogens with one attached hydrogen (secondary N) is 2. The Morgan fingerprint density at radius 3 is 1.84 bits per heavy atom. The third-order valence-corrected chi connectivity index (χ3v) is 17.2. The number of hydrogen-bond donors (Lipinski definition) is 7. The fourth-order valence-corrected chi connectivity index (χ4v) is 13.2. The molecule has 0 atom stereocenters. The summed E-state index contributed by atoms with van der Waals surface area (Å²) >= 11 is 10.0. The van der Waals surface area contributed by atoms with Crippen molar-refractivity contribution >= 4 is 167 Å². The van der Waals surface area contributed by atoms with E-state index >= 15 is 0 Å². The highest BCUT2D eigenvalue weighted by molar-refractivity contribution is 8.00. The summed E-state index contributed by atoms with van der Waals surface area (Å²) in [6.07, 6.45) is 0. The molecule has 0 unspecified atom stereocenters. The average Bonchev–Trinajstić information content (AvgIpc) is 4.08. The number of ether oxygens (including phenoxy) is 4. The zero-order chi connectivity index (χ0) is 51.1. The van der Waals surface area contributed by atoms with Crippen LogP contribution in [0.3, 0.4) is 0 Å². The fraction of sp³-hybridized carbons (Fsp3) is 0.359. The van der Waals surface area contributed by atoms with Gasteiger partial charge in [0.2, 0.25) is 11.9 Å². The van der Waals surface area contributed by atoms with Crippen molar-refractivity contribution in [2.24, 2.45) is 10.2 Å². The molecule has 5 aromatic heterocycles. The molecule has 0 aliphatic heterocycles. The van der Waals surface area contributed by atoms with Crippen molar-refractivity contribution in [3.63, 3.8) is 0 Å². The Morgan fingerprint density at radius 1 is 0.729 bits per heavy atom. The van der Waals surface area contributed by atoms with Gasteiger partial charge in [0.05, 0.1) is 73.4 Å². The summed E-state index contributed by atoms with van der Waals surface area (Å²) in [5, 5.41) is 18.0. The van der Waals surface area contributed by atoms with Crippen LogP contribution < -0.4 is 50.8 Å². The number of thiophene rings is 2. The van der Waals surface area contributed by atoms with Gasteiger partial charge in [0, 0.05) is 44.1 Å². The smallest absolute Gasteiger partial charge is 0.307 e. The lowest BCUT2D eigenvalue weighted by Crippen LogP contribution is -2.22. The summed E-state index contributed by atoms with van der Waals surface area (Å²) in [6, 6.07) is 7.22. The van der Waals surface area contributed by atoms with Gasteiger partial charge in [-0.05, 0) is 62.9 Å². The number of nitrogens with two attached hydrogens (primary N) is 2. The summed E-state index contributed by atoms with van der Waals surface area (Å²) < 4.78 is 94.2. The quantitative estimate of drug-likeness (QED) is 0.0116. The van der Waals surface area contributed by atoms with Crippen LogP contribution in [0.15, 0.2) is 48.1 Å². The molecule has 0 saturated heterocycles. The average molecular weight is 1120 g/mol. The molecular weight excluding hydrogens is 1070 g/mol. The van der Waals surface area contributed by atoms with Crippen LogP contribution in [0.25, 0.3) is 20.4 Å². The maximum absolute atomic E-state index is 11.5. The van der Waals surface area contributed by atoms with Gasteiger partial charge in [0.1, 0.15) is 36.1 Å². The summed E-state index contributed by atoms with van der Waals surface area (Å²) in [7, 11) is -2.46. The van der Waals surface area contributed by atoms with Gasteiger partial charge in [-0.2, -0.15) is 40.5 Å². The molecule has 0 amide bonds. The molecule has 0 saturated carbocycles. The first-order chi connectivity index (χ1) is 33.3. The standard InChI is InChI=1S/C33H43N11O6S5.C6H6N2O4S3/c1-8-43(9-2)22-15-19(18(34)14-24(22)48-5)35-31-37-32(39-33(38-31)52-12-13-55(45,46)47)36-20-16-23(44(10-3)11-4)25(49-6)17-21(20)40-41-28-26-27(50-7)30(51)53-29(26)42-54-28;1-12-3-2-4(7)14-8-5(2)13-6(3)15(9,10)11/h14-17,51H,8-13,34H2,1-7H3,(H,45,46,47)(H2,35,36,37,38,39);7H2,1H3,(H,9,10,11). The van der Waals surface area contributed by atoms with Crippen LogP contribution in [0.1, 0.15) is 27.7 Å². The Morgan fingerprint density at radius 2 is 1.29 bits per heavy atom. The molecular formula is C39H49N13O10S8. The largest absolute Gasteiger partial charge is 0.495 e. The number of nitrogen functional groups attached to an aromatic ring is 2. The van der Waals surface area contributed by atoms with Crippen LogP contribution >= 0.6 is 70.1 Å². The Balaban J connectivity index is 0.000000453. The summed E-state index contributed by atoms with van der Waals surface area (Å²) in [4.78, 5) is 19.2. The number of rotatable bonds is 21. The normalized spacial score (nSPS) is 11.8. The molecule has 2 aromatic carbocycles. The van der Waals surface area contributed by atoms with E-state index in [4.69, 9.17) is 35.0 Å². The van der Waals surface area contributed by atoms with Gasteiger partial charge in [0.25, 0.3) is 10.1 Å². The molecule has 70 heavy (non-hydrogen) atoms. The highest BCUT2D eigenvalue weighted by atomic mass is 32.3. The number of thioether (sulfide) groups is 1. The maximum atomic E-state index is 11.5. The Kier molecular flexibility index (Phi) is 18.0. The summed E-state index contributed by atoms with van der Waals surface area (Å²) in [5.74, 6) is 1.52. The SMILES string of the molecule is CCN(CC)c1cc(Nc2nc(Nc3cc(N(CC)CC)c(OC)cc3N=Nc3snc4sc(S)c(OC)c34)nc(SCCS(=O)(=O)O)n2)c(N)cc1OC.COc1c(S(=O)(=O)O)sc2nsc(N)c12. The van der Waals surface area contributed by atoms with E-state index in [2.05, 4.69) is 67.0 Å². The van der Waals surface area contributed by atoms with Crippen molar-refractivity contribution in [3.8, 4) is 23.0 Å². The van der Waals surface area contributed by atoms with Gasteiger partial charge < -0.3 is 50.8 Å². The number of hydrogen-bond acceptors (Lipinski definition) is 27. The molecule has 23 nitrogen and oxygen atoms in total. The predicted octanol–water partition coefficient (Wildman–Crippen LogP) is 9.21. The minimum atomic E-state index is -4.29. The summed E-state index contributed by atoms with van der Waals surface area (Å²) in [6.45, 7) is 11.0. The van der Waals surface area contributed by atoms with Gasteiger partial charge in [0.15, 0.2) is 25.9 Å². The number of benzene rings is 2. The van der Waals surface area contributed by atoms with Crippen molar-refractivity contribution < 1.29 is 44.9 Å². The van der Waals surface area contributed by atoms with E-state index < -0.39 is 26.0 Å². The van der Waals surface area contributed by atoms with Gasteiger partial charge in [-0.3, -0.25) is 9.11 Å². The minimum absolute atomic E-state index is 0.0179. The predicted molar refractivity (Wildman–Crippen MR) is 285 cm³/mol. The highest BCUT2D eigenvalue weighted by Gasteiger charge is 2.27. The number of azo groups is 1. The van der Waals surface area contributed by atoms with Crippen LogP contribution in [0, 0.1) is 0 Å². The Hall–Kier alpha value is -5.25. The number of thiol groups is 1. The first kappa shape index (κ1) is 54.1. The first-order valence-electron chi connectivity index (χ1n) is 20.6. The van der Waals surface area contributed by atoms with Gasteiger partial charge in [-0.1, -0.05) is 23.1 Å². The second-order valence-corrected chi connectivity index (χ2v) is 22.6. The topological polar surface area (TPSA) is 317 Å². The maximum Gasteiger partial charge on any atom is 0.307 e. The minimum Gasteiger partial charge on any atom is -0.495 e. The Labute approximate surface area is 429 Å². The van der Waals surface area contributed by atoms with Crippen molar-refractivity contribution in [2.45, 2.75) is 41.3 Å². The van der Waals surface area contributed by atoms with E-state index in [1.54, 1.807) is 33.5 Å². The monoisotopic (exact) mass is 1120 g/mol. The van der Waals surface area contributed by atoms with E-state index in [0.29, 0.717) is 82.9 Å². The molecule has 0 fully saturated rings. The zero-order valence-electron chi connectivity index (χ0n) is 38.7. The molecule has 0 spiro atoms. The highest BCUT2D eigenvalue weighted by Crippen LogP contribution is 2.48. The lowest BCUT2D eigenvalue weighted by atomic mass is 10.2. The summed E-state index contributed by atoms with van der Waals surface area (Å²) in [5.41, 5.74) is 15.5.